The smallest absolute Gasteiger partial charge is 0.317 e. The van der Waals surface area contributed by atoms with Crippen LogP contribution in [0.5, 0.6) is 0 Å². The van der Waals surface area contributed by atoms with Gasteiger partial charge in [-0.1, -0.05) is 5.16 Å². The Morgan fingerprint density at radius 1 is 1.19 bits per heavy atom. The van der Waals surface area contributed by atoms with Crippen molar-refractivity contribution < 1.29 is 18.5 Å². The first-order valence-corrected chi connectivity index (χ1v) is 8.71. The topological polar surface area (TPSA) is 91.8 Å². The van der Waals surface area contributed by atoms with Crippen LogP contribution in [-0.2, 0) is 25.9 Å². The number of hydrogen-bond acceptors (Lipinski definition) is 5. The minimum absolute atomic E-state index is 0.209. The SMILES string of the molecule is CN(C)C(=O)c1ccc(CNC(=O)N(C)Cc2noc3c2CCCC3)o1. The molecule has 2 heterocycles. The zero-order chi connectivity index (χ0) is 18.7. The van der Waals surface area contributed by atoms with E-state index < -0.39 is 0 Å². The molecule has 0 saturated carbocycles. The van der Waals surface area contributed by atoms with Gasteiger partial charge in [0.1, 0.15) is 17.2 Å². The molecule has 2 aromatic rings. The molecule has 0 fully saturated rings. The molecule has 0 spiro atoms. The maximum absolute atomic E-state index is 12.3. The standard InChI is InChI=1S/C18H24N4O4/c1-21(2)17(23)16-9-8-12(25-16)10-19-18(24)22(3)11-14-13-6-4-5-7-15(13)26-20-14/h8-9H,4-7,10-11H2,1-3H3,(H,19,24). The van der Waals surface area contributed by atoms with Crippen LogP contribution in [0.2, 0.25) is 0 Å². The van der Waals surface area contributed by atoms with E-state index in [1.165, 1.54) is 4.90 Å². The van der Waals surface area contributed by atoms with Crippen LogP contribution in [0.1, 0.15) is 46.2 Å². The lowest BCUT2D eigenvalue weighted by Gasteiger charge is -2.17. The summed E-state index contributed by atoms with van der Waals surface area (Å²) in [5, 5.41) is 6.90. The van der Waals surface area contributed by atoms with Gasteiger partial charge >= 0.3 is 6.03 Å². The Morgan fingerprint density at radius 2 is 1.96 bits per heavy atom. The summed E-state index contributed by atoms with van der Waals surface area (Å²) in [5.41, 5.74) is 1.97. The Hall–Kier alpha value is -2.77. The maximum Gasteiger partial charge on any atom is 0.317 e. The minimum Gasteiger partial charge on any atom is -0.454 e. The quantitative estimate of drug-likeness (QED) is 0.882. The Kier molecular flexibility index (Phi) is 5.29. The molecule has 140 valence electrons. The molecule has 1 N–H and O–H groups in total. The molecular weight excluding hydrogens is 336 g/mol. The lowest BCUT2D eigenvalue weighted by molar-refractivity contribution is 0.0794. The second-order valence-corrected chi connectivity index (χ2v) is 6.72. The number of carbonyl (C=O) groups is 2. The van der Waals surface area contributed by atoms with E-state index in [4.69, 9.17) is 8.94 Å². The van der Waals surface area contributed by atoms with E-state index in [1.54, 1.807) is 38.2 Å². The van der Waals surface area contributed by atoms with Gasteiger partial charge in [-0.2, -0.15) is 0 Å². The number of carbonyl (C=O) groups excluding carboxylic acids is 2. The van der Waals surface area contributed by atoms with Gasteiger partial charge < -0.3 is 24.1 Å². The van der Waals surface area contributed by atoms with Crippen LogP contribution in [0.3, 0.4) is 0 Å². The van der Waals surface area contributed by atoms with Crippen LogP contribution >= 0.6 is 0 Å². The predicted octanol–water partition coefficient (Wildman–Crippen LogP) is 2.19. The van der Waals surface area contributed by atoms with Crippen LogP contribution in [0, 0.1) is 0 Å². The van der Waals surface area contributed by atoms with Gasteiger partial charge in [0, 0.05) is 33.1 Å². The fraction of sp³-hybridized carbons (Fsp3) is 0.500. The number of fused-ring (bicyclic) bond motifs is 1. The number of urea groups is 1. The molecule has 3 rings (SSSR count). The average Bonchev–Trinajstić information content (AvgIpc) is 3.26. The van der Waals surface area contributed by atoms with Crippen molar-refractivity contribution in [2.24, 2.45) is 0 Å². The number of hydrogen-bond donors (Lipinski definition) is 1. The van der Waals surface area contributed by atoms with Crippen LogP contribution in [0.25, 0.3) is 0 Å². The third-order valence-electron chi connectivity index (χ3n) is 4.46. The molecule has 3 amide bonds. The molecule has 0 saturated heterocycles. The lowest BCUT2D eigenvalue weighted by Crippen LogP contribution is -2.36. The van der Waals surface area contributed by atoms with Crippen molar-refractivity contribution in [2.75, 3.05) is 21.1 Å². The molecule has 2 aromatic heterocycles. The minimum atomic E-state index is -0.241. The fourth-order valence-electron chi connectivity index (χ4n) is 2.98. The second-order valence-electron chi connectivity index (χ2n) is 6.72. The lowest BCUT2D eigenvalue weighted by atomic mass is 9.96. The van der Waals surface area contributed by atoms with Gasteiger partial charge in [-0.15, -0.1) is 0 Å². The molecule has 0 aliphatic heterocycles. The Bertz CT molecular complexity index is 793. The Labute approximate surface area is 152 Å². The largest absolute Gasteiger partial charge is 0.454 e. The molecule has 0 atom stereocenters. The van der Waals surface area contributed by atoms with E-state index in [-0.39, 0.29) is 24.2 Å². The summed E-state index contributed by atoms with van der Waals surface area (Å²) < 4.78 is 10.8. The van der Waals surface area contributed by atoms with Gasteiger partial charge in [-0.05, 0) is 31.4 Å². The highest BCUT2D eigenvalue weighted by atomic mass is 16.5. The monoisotopic (exact) mass is 360 g/mol. The molecule has 0 radical (unpaired) electrons. The van der Waals surface area contributed by atoms with E-state index in [9.17, 15) is 9.59 Å². The molecule has 1 aliphatic carbocycles. The summed E-state index contributed by atoms with van der Waals surface area (Å²) in [6, 6.07) is 3.05. The average molecular weight is 360 g/mol. The highest BCUT2D eigenvalue weighted by Gasteiger charge is 2.21. The van der Waals surface area contributed by atoms with Crippen molar-refractivity contribution in [3.05, 3.63) is 40.7 Å². The highest BCUT2D eigenvalue weighted by molar-refractivity contribution is 5.91. The van der Waals surface area contributed by atoms with Crippen molar-refractivity contribution in [2.45, 2.75) is 38.8 Å². The number of nitrogens with zero attached hydrogens (tertiary/aromatic N) is 3. The van der Waals surface area contributed by atoms with Crippen LogP contribution in [0.15, 0.2) is 21.1 Å². The van der Waals surface area contributed by atoms with Crippen molar-refractivity contribution in [3.8, 4) is 0 Å². The summed E-state index contributed by atoms with van der Waals surface area (Å²) in [4.78, 5) is 27.1. The molecule has 0 aromatic carbocycles. The zero-order valence-electron chi connectivity index (χ0n) is 15.4. The summed E-state index contributed by atoms with van der Waals surface area (Å²) >= 11 is 0. The van der Waals surface area contributed by atoms with Gasteiger partial charge in [0.05, 0.1) is 13.1 Å². The molecule has 8 nitrogen and oxygen atoms in total. The van der Waals surface area contributed by atoms with Crippen molar-refractivity contribution >= 4 is 11.9 Å². The van der Waals surface area contributed by atoms with Crippen LogP contribution < -0.4 is 5.32 Å². The molecule has 0 unspecified atom stereocenters. The van der Waals surface area contributed by atoms with Crippen molar-refractivity contribution in [1.82, 2.24) is 20.3 Å². The number of aryl methyl sites for hydroxylation is 1. The number of aromatic nitrogens is 1. The van der Waals surface area contributed by atoms with Gasteiger partial charge in [0.15, 0.2) is 5.76 Å². The number of rotatable bonds is 5. The Balaban J connectivity index is 1.53. The van der Waals surface area contributed by atoms with Crippen molar-refractivity contribution in [1.29, 1.82) is 0 Å². The van der Waals surface area contributed by atoms with Gasteiger partial charge in [-0.25, -0.2) is 4.79 Å². The molecule has 26 heavy (non-hydrogen) atoms. The van der Waals surface area contributed by atoms with Gasteiger partial charge in [0.25, 0.3) is 5.91 Å². The van der Waals surface area contributed by atoms with Crippen LogP contribution in [0.4, 0.5) is 4.79 Å². The summed E-state index contributed by atoms with van der Waals surface area (Å²) in [7, 11) is 5.02. The number of furan rings is 1. The Morgan fingerprint density at radius 3 is 2.73 bits per heavy atom. The predicted molar refractivity (Wildman–Crippen MR) is 93.6 cm³/mol. The second kappa shape index (κ2) is 7.63. The van der Waals surface area contributed by atoms with Crippen molar-refractivity contribution in [3.63, 3.8) is 0 Å². The summed E-state index contributed by atoms with van der Waals surface area (Å²) in [6.07, 6.45) is 4.13. The van der Waals surface area contributed by atoms with Gasteiger partial charge in [0.2, 0.25) is 0 Å². The van der Waals surface area contributed by atoms with E-state index in [1.807, 2.05) is 0 Å². The first-order chi connectivity index (χ1) is 12.5. The molecule has 1 aliphatic rings. The normalized spacial score (nSPS) is 13.2. The first kappa shape index (κ1) is 18.0. The highest BCUT2D eigenvalue weighted by Crippen LogP contribution is 2.24. The van der Waals surface area contributed by atoms with E-state index in [0.29, 0.717) is 12.3 Å². The third kappa shape index (κ3) is 3.89. The van der Waals surface area contributed by atoms with E-state index in [2.05, 4.69) is 10.5 Å². The summed E-state index contributed by atoms with van der Waals surface area (Å²) in [6.45, 7) is 0.605. The van der Waals surface area contributed by atoms with E-state index >= 15 is 0 Å². The third-order valence-corrected chi connectivity index (χ3v) is 4.46. The zero-order valence-corrected chi connectivity index (χ0v) is 15.4. The number of amides is 3. The van der Waals surface area contributed by atoms with Crippen LogP contribution in [-0.4, -0.2) is 48.0 Å². The first-order valence-electron chi connectivity index (χ1n) is 8.71. The number of nitrogens with one attached hydrogen (secondary N) is 1. The molecule has 0 bridgehead atoms. The molecular formula is C18H24N4O4. The van der Waals surface area contributed by atoms with E-state index in [0.717, 1.165) is 42.7 Å². The summed E-state index contributed by atoms with van der Waals surface area (Å²) in [5.74, 6) is 1.52. The molecule has 8 heteroatoms. The maximum atomic E-state index is 12.3. The van der Waals surface area contributed by atoms with Gasteiger partial charge in [-0.3, -0.25) is 4.79 Å². The fourth-order valence-corrected chi connectivity index (χ4v) is 2.98.